The van der Waals surface area contributed by atoms with Gasteiger partial charge in [-0.3, -0.25) is 0 Å². The van der Waals surface area contributed by atoms with E-state index in [2.05, 4.69) is 31.1 Å². The lowest BCUT2D eigenvalue weighted by atomic mass is 10.0. The molecule has 2 heterocycles. The molecule has 1 saturated heterocycles. The predicted octanol–water partition coefficient (Wildman–Crippen LogP) is 3.39. The second-order valence-corrected chi connectivity index (χ2v) is 7.38. The molecule has 1 aromatic carbocycles. The summed E-state index contributed by atoms with van der Waals surface area (Å²) < 4.78 is 10.6. The molecule has 1 aromatic rings. The number of benzene rings is 1. The molecule has 3 rings (SSSR count). The van der Waals surface area contributed by atoms with Crippen LogP contribution in [0, 0.1) is 5.92 Å². The van der Waals surface area contributed by atoms with Crippen molar-refractivity contribution in [3.05, 3.63) is 18.2 Å². The molecule has 0 atom stereocenters. The number of anilines is 1. The fraction of sp³-hybridized carbons (Fsp3) is 0.632. The molecule has 0 aliphatic carbocycles. The summed E-state index contributed by atoms with van der Waals surface area (Å²) in [7, 11) is 2.20. The molecule has 0 spiro atoms. The summed E-state index contributed by atoms with van der Waals surface area (Å²) in [6.45, 7) is 7.49. The number of amides is 2. The van der Waals surface area contributed by atoms with Gasteiger partial charge in [0.15, 0.2) is 11.5 Å². The van der Waals surface area contributed by atoms with Crippen LogP contribution in [0.25, 0.3) is 0 Å². The van der Waals surface area contributed by atoms with E-state index in [0.717, 1.165) is 49.8 Å². The average molecular weight is 347 g/mol. The molecule has 138 valence electrons. The summed E-state index contributed by atoms with van der Waals surface area (Å²) in [4.78, 5) is 16.8. The zero-order valence-corrected chi connectivity index (χ0v) is 15.5. The second-order valence-electron chi connectivity index (χ2n) is 7.38. The lowest BCUT2D eigenvalue weighted by Crippen LogP contribution is -2.47. The van der Waals surface area contributed by atoms with E-state index in [4.69, 9.17) is 9.47 Å². The number of carbonyl (C=O) groups excluding carboxylic acids is 1. The highest BCUT2D eigenvalue weighted by atomic mass is 16.7. The number of likely N-dealkylation sites (tertiary alicyclic amines) is 1. The van der Waals surface area contributed by atoms with Crippen LogP contribution in [0.15, 0.2) is 18.2 Å². The van der Waals surface area contributed by atoms with Gasteiger partial charge in [-0.05, 0) is 50.9 Å². The van der Waals surface area contributed by atoms with Gasteiger partial charge in [0.2, 0.25) is 6.79 Å². The van der Waals surface area contributed by atoms with Gasteiger partial charge in [-0.25, -0.2) is 4.79 Å². The monoisotopic (exact) mass is 347 g/mol. The second kappa shape index (κ2) is 7.95. The lowest BCUT2D eigenvalue weighted by molar-refractivity contribution is 0.137. The molecular formula is C19H29N3O3. The van der Waals surface area contributed by atoms with E-state index in [1.54, 1.807) is 0 Å². The minimum atomic E-state index is -0.0397. The molecule has 6 heteroatoms. The Kier molecular flexibility index (Phi) is 5.68. The maximum absolute atomic E-state index is 12.5. The van der Waals surface area contributed by atoms with Crippen molar-refractivity contribution in [2.24, 2.45) is 5.92 Å². The van der Waals surface area contributed by atoms with Crippen LogP contribution in [-0.4, -0.2) is 55.3 Å². The van der Waals surface area contributed by atoms with Crippen molar-refractivity contribution in [1.82, 2.24) is 9.80 Å². The Morgan fingerprint density at radius 1 is 1.28 bits per heavy atom. The van der Waals surface area contributed by atoms with Gasteiger partial charge in [0.05, 0.1) is 0 Å². The van der Waals surface area contributed by atoms with Gasteiger partial charge in [-0.15, -0.1) is 0 Å². The average Bonchev–Trinajstić information content (AvgIpc) is 3.07. The van der Waals surface area contributed by atoms with E-state index >= 15 is 0 Å². The zero-order valence-electron chi connectivity index (χ0n) is 15.5. The molecule has 25 heavy (non-hydrogen) atoms. The molecule has 0 saturated carbocycles. The minimum absolute atomic E-state index is 0.0397. The Labute approximate surface area is 150 Å². The van der Waals surface area contributed by atoms with E-state index in [0.29, 0.717) is 11.8 Å². The van der Waals surface area contributed by atoms with Crippen LogP contribution >= 0.6 is 0 Å². The Balaban J connectivity index is 1.47. The number of rotatable bonds is 5. The van der Waals surface area contributed by atoms with E-state index < -0.39 is 0 Å². The molecule has 2 aliphatic heterocycles. The summed E-state index contributed by atoms with van der Waals surface area (Å²) >= 11 is 0. The van der Waals surface area contributed by atoms with Crippen LogP contribution in [0.3, 0.4) is 0 Å². The maximum Gasteiger partial charge on any atom is 0.321 e. The Morgan fingerprint density at radius 2 is 2.00 bits per heavy atom. The third-order valence-electron chi connectivity index (χ3n) is 5.06. The zero-order chi connectivity index (χ0) is 17.8. The van der Waals surface area contributed by atoms with Gasteiger partial charge in [0.1, 0.15) is 0 Å². The summed E-state index contributed by atoms with van der Waals surface area (Å²) in [5, 5.41) is 2.96. The maximum atomic E-state index is 12.5. The molecule has 0 aromatic heterocycles. The fourth-order valence-electron chi connectivity index (χ4n) is 3.33. The van der Waals surface area contributed by atoms with Crippen LogP contribution in [0.2, 0.25) is 0 Å². The van der Waals surface area contributed by atoms with Gasteiger partial charge < -0.3 is 24.6 Å². The molecule has 1 N–H and O–H groups in total. The summed E-state index contributed by atoms with van der Waals surface area (Å²) in [6, 6.07) is 6.02. The van der Waals surface area contributed by atoms with Crippen LogP contribution < -0.4 is 14.8 Å². The van der Waals surface area contributed by atoms with Crippen molar-refractivity contribution in [2.75, 3.05) is 38.8 Å². The first-order chi connectivity index (χ1) is 12.0. The number of nitrogens with zero attached hydrogens (tertiary/aromatic N) is 2. The number of urea groups is 1. The topological polar surface area (TPSA) is 54.0 Å². The van der Waals surface area contributed by atoms with Crippen molar-refractivity contribution in [2.45, 2.75) is 39.2 Å². The van der Waals surface area contributed by atoms with Gasteiger partial charge in [-0.2, -0.15) is 0 Å². The standard InChI is InChI=1S/C19H29N3O3/c1-14(2)6-9-21(3)16-7-10-22(11-8-16)19(23)20-15-4-5-17-18(12-15)25-13-24-17/h4-5,12,14,16H,6-11,13H2,1-3H3,(H,20,23). The summed E-state index contributed by atoms with van der Waals surface area (Å²) in [6.07, 6.45) is 3.29. The quantitative estimate of drug-likeness (QED) is 0.887. The SMILES string of the molecule is CC(C)CCN(C)C1CCN(C(=O)Nc2ccc3c(c2)OCO3)CC1. The number of fused-ring (bicyclic) bond motifs is 1. The highest BCUT2D eigenvalue weighted by Crippen LogP contribution is 2.34. The fourth-order valence-corrected chi connectivity index (χ4v) is 3.33. The van der Waals surface area contributed by atoms with Gasteiger partial charge in [0.25, 0.3) is 0 Å². The molecule has 2 amide bonds. The number of nitrogens with one attached hydrogen (secondary N) is 1. The van der Waals surface area contributed by atoms with E-state index in [1.807, 2.05) is 23.1 Å². The van der Waals surface area contributed by atoms with E-state index in [1.165, 1.54) is 6.42 Å². The van der Waals surface area contributed by atoms with Crippen LogP contribution in [0.5, 0.6) is 11.5 Å². The third kappa shape index (κ3) is 4.57. The predicted molar refractivity (Wildman–Crippen MR) is 98.3 cm³/mol. The highest BCUT2D eigenvalue weighted by Gasteiger charge is 2.25. The Hall–Kier alpha value is -1.95. The van der Waals surface area contributed by atoms with E-state index in [9.17, 15) is 4.79 Å². The molecule has 2 aliphatic rings. The van der Waals surface area contributed by atoms with Gasteiger partial charge in [0, 0.05) is 30.9 Å². The summed E-state index contributed by atoms with van der Waals surface area (Å²) in [5.41, 5.74) is 0.741. The normalized spacial score (nSPS) is 17.4. The molecule has 1 fully saturated rings. The Morgan fingerprint density at radius 3 is 2.72 bits per heavy atom. The van der Waals surface area contributed by atoms with Crippen molar-refractivity contribution < 1.29 is 14.3 Å². The first kappa shape index (κ1) is 17.9. The molecule has 0 radical (unpaired) electrons. The first-order valence-corrected chi connectivity index (χ1v) is 9.18. The van der Waals surface area contributed by atoms with Crippen molar-refractivity contribution in [3.8, 4) is 11.5 Å². The van der Waals surface area contributed by atoms with Crippen LogP contribution in [0.1, 0.15) is 33.1 Å². The number of hydrogen-bond donors (Lipinski definition) is 1. The third-order valence-corrected chi connectivity index (χ3v) is 5.06. The number of carbonyl (C=O) groups is 1. The smallest absolute Gasteiger partial charge is 0.321 e. The number of ether oxygens (including phenoxy) is 2. The van der Waals surface area contributed by atoms with Crippen LogP contribution in [-0.2, 0) is 0 Å². The highest BCUT2D eigenvalue weighted by molar-refractivity contribution is 5.89. The minimum Gasteiger partial charge on any atom is -0.454 e. The van der Waals surface area contributed by atoms with Crippen molar-refractivity contribution >= 4 is 11.7 Å². The van der Waals surface area contributed by atoms with Crippen molar-refractivity contribution in [1.29, 1.82) is 0 Å². The molecule has 6 nitrogen and oxygen atoms in total. The molecule has 0 bridgehead atoms. The summed E-state index contributed by atoms with van der Waals surface area (Å²) in [5.74, 6) is 2.14. The first-order valence-electron chi connectivity index (χ1n) is 9.18. The number of hydrogen-bond acceptors (Lipinski definition) is 4. The molecular weight excluding hydrogens is 318 g/mol. The van der Waals surface area contributed by atoms with Crippen molar-refractivity contribution in [3.63, 3.8) is 0 Å². The van der Waals surface area contributed by atoms with E-state index in [-0.39, 0.29) is 12.8 Å². The lowest BCUT2D eigenvalue weighted by Gasteiger charge is -2.37. The van der Waals surface area contributed by atoms with Gasteiger partial charge >= 0.3 is 6.03 Å². The van der Waals surface area contributed by atoms with Gasteiger partial charge in [-0.1, -0.05) is 13.8 Å². The molecule has 0 unspecified atom stereocenters. The van der Waals surface area contributed by atoms with Crippen LogP contribution in [0.4, 0.5) is 10.5 Å². The largest absolute Gasteiger partial charge is 0.454 e. The Bertz CT molecular complexity index is 598. The number of piperidine rings is 1.